The van der Waals surface area contributed by atoms with Crippen LogP contribution >= 0.6 is 0 Å². The first kappa shape index (κ1) is 24.4. The second-order valence-electron chi connectivity index (χ2n) is 9.68. The van der Waals surface area contributed by atoms with Gasteiger partial charge in [-0.3, -0.25) is 14.5 Å². The van der Waals surface area contributed by atoms with E-state index in [2.05, 4.69) is 0 Å². The van der Waals surface area contributed by atoms with Crippen molar-refractivity contribution in [2.24, 2.45) is 0 Å². The van der Waals surface area contributed by atoms with Crippen molar-refractivity contribution in [1.82, 2.24) is 0 Å². The normalized spacial score (nSPS) is 18.1. The summed E-state index contributed by atoms with van der Waals surface area (Å²) in [6.07, 6.45) is 0. The molecule has 2 heterocycles. The topological polar surface area (TPSA) is 85.3 Å². The van der Waals surface area contributed by atoms with Crippen LogP contribution in [0.4, 0.5) is 5.69 Å². The van der Waals surface area contributed by atoms with Crippen LogP contribution in [0.3, 0.4) is 0 Å². The molecule has 3 aromatic carbocycles. The van der Waals surface area contributed by atoms with Crippen LogP contribution in [0, 0.1) is 13.8 Å². The van der Waals surface area contributed by atoms with Crippen LogP contribution in [0.2, 0.25) is 0 Å². The number of methoxy groups -OCH3 is 1. The molecule has 190 valence electrons. The van der Waals surface area contributed by atoms with Crippen LogP contribution in [0.5, 0.6) is 17.2 Å². The van der Waals surface area contributed by atoms with Gasteiger partial charge < -0.3 is 19.3 Å². The highest BCUT2D eigenvalue weighted by molar-refractivity contribution is 6.51. The van der Waals surface area contributed by atoms with E-state index >= 15 is 0 Å². The summed E-state index contributed by atoms with van der Waals surface area (Å²) in [6, 6.07) is 15.6. The van der Waals surface area contributed by atoms with Gasteiger partial charge in [-0.15, -0.1) is 0 Å². The monoisotopic (exact) mass is 499 g/mol. The summed E-state index contributed by atoms with van der Waals surface area (Å²) in [5.74, 6) is 0.212. The Kier molecular flexibility index (Phi) is 6.15. The zero-order valence-corrected chi connectivity index (χ0v) is 21.5. The molecule has 7 nitrogen and oxygen atoms in total. The Hall–Kier alpha value is -4.26. The number of hydrogen-bond donors (Lipinski definition) is 1. The van der Waals surface area contributed by atoms with Crippen molar-refractivity contribution in [3.63, 3.8) is 0 Å². The van der Waals surface area contributed by atoms with E-state index in [1.165, 1.54) is 4.90 Å². The SMILES string of the molecule is COc1cc(C)c(/C(O)=C2\C(=O)C(=O)N(c3ccc4c(c3)OCO4)C2c2cccc(C)c2)cc1C(C)C. The first-order valence-corrected chi connectivity index (χ1v) is 12.2. The minimum absolute atomic E-state index is 0.0382. The number of anilines is 1. The molecular formula is C30H29NO6. The highest BCUT2D eigenvalue weighted by Gasteiger charge is 2.47. The number of ether oxygens (including phenoxy) is 3. The van der Waals surface area contributed by atoms with E-state index in [9.17, 15) is 14.7 Å². The predicted molar refractivity (Wildman–Crippen MR) is 140 cm³/mol. The highest BCUT2D eigenvalue weighted by Crippen LogP contribution is 2.45. The fourth-order valence-electron chi connectivity index (χ4n) is 5.02. The van der Waals surface area contributed by atoms with Crippen molar-refractivity contribution in [2.75, 3.05) is 18.8 Å². The van der Waals surface area contributed by atoms with Crippen LogP contribution in [-0.4, -0.2) is 30.7 Å². The second kappa shape index (κ2) is 9.32. The van der Waals surface area contributed by atoms with Crippen LogP contribution < -0.4 is 19.1 Å². The second-order valence-corrected chi connectivity index (χ2v) is 9.68. The number of aliphatic hydroxyl groups is 1. The fourth-order valence-corrected chi connectivity index (χ4v) is 5.02. The number of ketones is 1. The molecule has 1 N–H and O–H groups in total. The Balaban J connectivity index is 1.74. The van der Waals surface area contributed by atoms with E-state index in [0.29, 0.717) is 34.1 Å². The largest absolute Gasteiger partial charge is 0.507 e. The standard InChI is InChI=1S/C30H29NO6/c1-16(2)21-14-22(18(4)12-24(21)35-5)28(32)26-27(19-8-6-7-17(3)11-19)31(30(34)29(26)33)20-9-10-23-25(13-20)37-15-36-23/h6-14,16,27,32H,15H2,1-5H3/b28-26+. The Morgan fingerprint density at radius 1 is 1.03 bits per heavy atom. The van der Waals surface area contributed by atoms with E-state index in [0.717, 1.165) is 16.7 Å². The van der Waals surface area contributed by atoms with Crippen molar-refractivity contribution in [3.05, 3.63) is 88.0 Å². The van der Waals surface area contributed by atoms with Crippen LogP contribution in [-0.2, 0) is 9.59 Å². The summed E-state index contributed by atoms with van der Waals surface area (Å²) in [6.45, 7) is 7.94. The summed E-state index contributed by atoms with van der Waals surface area (Å²) in [5, 5.41) is 11.7. The Bertz CT molecular complexity index is 1450. The number of carbonyl (C=O) groups is 2. The lowest BCUT2D eigenvalue weighted by atomic mass is 9.90. The van der Waals surface area contributed by atoms with Gasteiger partial charge in [0.15, 0.2) is 11.5 Å². The Morgan fingerprint density at radius 2 is 1.78 bits per heavy atom. The number of hydrogen-bond acceptors (Lipinski definition) is 6. The van der Waals surface area contributed by atoms with Crippen molar-refractivity contribution < 1.29 is 28.9 Å². The number of rotatable bonds is 5. The highest BCUT2D eigenvalue weighted by atomic mass is 16.7. The number of Topliss-reactive ketones (excluding diaryl/α,β-unsaturated/α-hetero) is 1. The van der Waals surface area contributed by atoms with Gasteiger partial charge in [0.2, 0.25) is 6.79 Å². The average Bonchev–Trinajstić information content (AvgIpc) is 3.45. The molecule has 0 saturated carbocycles. The number of nitrogens with zero attached hydrogens (tertiary/aromatic N) is 1. The average molecular weight is 500 g/mol. The molecule has 2 aliphatic rings. The lowest BCUT2D eigenvalue weighted by Crippen LogP contribution is -2.29. The predicted octanol–water partition coefficient (Wildman–Crippen LogP) is 5.79. The maximum Gasteiger partial charge on any atom is 0.300 e. The van der Waals surface area contributed by atoms with Crippen molar-refractivity contribution in [1.29, 1.82) is 0 Å². The number of amides is 1. The minimum atomic E-state index is -0.829. The van der Waals surface area contributed by atoms with Crippen molar-refractivity contribution >= 4 is 23.1 Å². The maximum absolute atomic E-state index is 13.6. The molecule has 37 heavy (non-hydrogen) atoms. The van der Waals surface area contributed by atoms with Gasteiger partial charge in [0.25, 0.3) is 11.7 Å². The number of carbonyl (C=O) groups excluding carboxylic acids is 2. The van der Waals surface area contributed by atoms with Gasteiger partial charge in [-0.2, -0.15) is 0 Å². The van der Waals surface area contributed by atoms with E-state index in [1.807, 2.05) is 64.1 Å². The number of fused-ring (bicyclic) bond motifs is 1. The molecule has 0 aromatic heterocycles. The van der Waals surface area contributed by atoms with Crippen LogP contribution in [0.25, 0.3) is 5.76 Å². The van der Waals surface area contributed by atoms with Gasteiger partial charge in [-0.25, -0.2) is 0 Å². The molecular weight excluding hydrogens is 470 g/mol. The zero-order valence-electron chi connectivity index (χ0n) is 21.5. The summed E-state index contributed by atoms with van der Waals surface area (Å²) in [5.41, 5.74) is 4.32. The molecule has 0 aliphatic carbocycles. The van der Waals surface area contributed by atoms with Crippen molar-refractivity contribution in [3.8, 4) is 17.2 Å². The number of aliphatic hydroxyl groups excluding tert-OH is 1. The molecule has 1 unspecified atom stereocenters. The minimum Gasteiger partial charge on any atom is -0.507 e. The van der Waals surface area contributed by atoms with E-state index in [4.69, 9.17) is 14.2 Å². The zero-order chi connectivity index (χ0) is 26.4. The molecule has 1 fully saturated rings. The summed E-state index contributed by atoms with van der Waals surface area (Å²) >= 11 is 0. The van der Waals surface area contributed by atoms with Gasteiger partial charge in [-0.1, -0.05) is 43.7 Å². The third-order valence-corrected chi connectivity index (χ3v) is 6.89. The van der Waals surface area contributed by atoms with Gasteiger partial charge in [-0.05, 0) is 60.7 Å². The lowest BCUT2D eigenvalue weighted by Gasteiger charge is -2.26. The number of aryl methyl sites for hydroxylation is 2. The lowest BCUT2D eigenvalue weighted by molar-refractivity contribution is -0.132. The fraction of sp³-hybridized carbons (Fsp3) is 0.267. The summed E-state index contributed by atoms with van der Waals surface area (Å²) < 4.78 is 16.5. The number of benzene rings is 3. The third kappa shape index (κ3) is 4.10. The third-order valence-electron chi connectivity index (χ3n) is 6.89. The molecule has 1 amide bonds. The Morgan fingerprint density at radius 3 is 2.49 bits per heavy atom. The van der Waals surface area contributed by atoms with E-state index in [-0.39, 0.29) is 24.0 Å². The summed E-state index contributed by atoms with van der Waals surface area (Å²) in [7, 11) is 1.61. The molecule has 1 saturated heterocycles. The molecule has 0 spiro atoms. The summed E-state index contributed by atoms with van der Waals surface area (Å²) in [4.78, 5) is 28.5. The van der Waals surface area contributed by atoms with Gasteiger partial charge >= 0.3 is 0 Å². The van der Waals surface area contributed by atoms with E-state index < -0.39 is 17.7 Å². The molecule has 7 heteroatoms. The molecule has 0 bridgehead atoms. The first-order valence-electron chi connectivity index (χ1n) is 12.2. The maximum atomic E-state index is 13.6. The molecule has 2 aliphatic heterocycles. The molecule has 5 rings (SSSR count). The molecule has 1 atom stereocenters. The van der Waals surface area contributed by atoms with Crippen LogP contribution in [0.15, 0.2) is 60.2 Å². The quantitative estimate of drug-likeness (QED) is 0.272. The van der Waals surface area contributed by atoms with Crippen molar-refractivity contribution in [2.45, 2.75) is 39.7 Å². The van der Waals surface area contributed by atoms with Gasteiger partial charge in [0.05, 0.1) is 18.7 Å². The van der Waals surface area contributed by atoms with Gasteiger partial charge in [0, 0.05) is 17.3 Å². The van der Waals surface area contributed by atoms with Gasteiger partial charge in [0.1, 0.15) is 11.5 Å². The Labute approximate surface area is 215 Å². The van der Waals surface area contributed by atoms with E-state index in [1.54, 1.807) is 25.3 Å². The van der Waals surface area contributed by atoms with Crippen LogP contribution in [0.1, 0.15) is 53.6 Å². The first-order chi connectivity index (χ1) is 17.7. The molecule has 3 aromatic rings. The molecule has 0 radical (unpaired) electrons. The smallest absolute Gasteiger partial charge is 0.300 e.